The van der Waals surface area contributed by atoms with Crippen LogP contribution in [0.1, 0.15) is 88.4 Å². The number of likely N-dealkylation sites (tertiary alicyclic amines) is 1. The van der Waals surface area contributed by atoms with Crippen molar-refractivity contribution >= 4 is 28.9 Å². The topological polar surface area (TPSA) is 78.5 Å². The molecule has 6 nitrogen and oxygen atoms in total. The molecule has 0 aromatic carbocycles. The van der Waals surface area contributed by atoms with Crippen molar-refractivity contribution in [3.63, 3.8) is 0 Å². The fourth-order valence-electron chi connectivity index (χ4n) is 5.06. The van der Waals surface area contributed by atoms with Crippen LogP contribution in [0, 0.1) is 5.92 Å². The zero-order valence-electron chi connectivity index (χ0n) is 19.6. The Morgan fingerprint density at radius 3 is 2.62 bits per heavy atom. The van der Waals surface area contributed by atoms with Gasteiger partial charge in [0.25, 0.3) is 5.91 Å². The molecule has 1 saturated carbocycles. The average Bonchev–Trinajstić information content (AvgIpc) is 3.32. The van der Waals surface area contributed by atoms with Gasteiger partial charge in [-0.15, -0.1) is 0 Å². The Hall–Kier alpha value is -1.73. The number of ketones is 1. The highest BCUT2D eigenvalue weighted by Gasteiger charge is 2.31. The van der Waals surface area contributed by atoms with Gasteiger partial charge in [-0.3, -0.25) is 19.3 Å². The maximum atomic E-state index is 13.3. The van der Waals surface area contributed by atoms with E-state index in [2.05, 4.69) is 29.4 Å². The molecule has 1 aromatic rings. The van der Waals surface area contributed by atoms with Crippen LogP contribution in [0.3, 0.4) is 0 Å². The molecule has 1 aliphatic heterocycles. The lowest BCUT2D eigenvalue weighted by Crippen LogP contribution is -2.54. The Morgan fingerprint density at radius 2 is 1.94 bits per heavy atom. The summed E-state index contributed by atoms with van der Waals surface area (Å²) in [7, 11) is 0. The molecule has 3 rings (SSSR count). The molecule has 2 heterocycles. The van der Waals surface area contributed by atoms with Crippen LogP contribution in [-0.2, 0) is 9.59 Å². The first-order chi connectivity index (χ1) is 15.5. The van der Waals surface area contributed by atoms with Crippen LogP contribution in [-0.4, -0.2) is 53.7 Å². The predicted octanol–water partition coefficient (Wildman–Crippen LogP) is 4.16. The number of hydrogen-bond donors (Lipinski definition) is 2. The van der Waals surface area contributed by atoms with Gasteiger partial charge in [-0.25, -0.2) is 0 Å². The highest BCUT2D eigenvalue weighted by molar-refractivity contribution is 7.08. The normalized spacial score (nSPS) is 24.4. The first kappa shape index (κ1) is 24.9. The molecule has 2 N–H and O–H groups in total. The standard InChI is InChI=1S/C25H39N3O3S/c1-3-13-28-16-23(29)21(11-7-8-18(28)2)26-25(31)22(15-19-9-5-4-6-10-19)27-24(30)20-12-14-32-17-20/h12,14,17-19,21-22H,3-11,13,15-16H2,1-2H3,(H,26,31)(H,27,30)/t18-,21+,22+/m1/s1. The van der Waals surface area contributed by atoms with Gasteiger partial charge in [0.1, 0.15) is 6.04 Å². The Morgan fingerprint density at radius 1 is 1.16 bits per heavy atom. The van der Waals surface area contributed by atoms with Gasteiger partial charge in [0.2, 0.25) is 5.91 Å². The van der Waals surface area contributed by atoms with E-state index in [1.165, 1.54) is 30.6 Å². The fourth-order valence-corrected chi connectivity index (χ4v) is 5.70. The van der Waals surface area contributed by atoms with Crippen molar-refractivity contribution in [2.45, 2.75) is 96.2 Å². The van der Waals surface area contributed by atoms with E-state index in [1.807, 2.05) is 5.38 Å². The number of amides is 2. The molecule has 7 heteroatoms. The minimum atomic E-state index is -0.602. The maximum absolute atomic E-state index is 13.3. The zero-order valence-corrected chi connectivity index (χ0v) is 20.4. The quantitative estimate of drug-likeness (QED) is 0.609. The van der Waals surface area contributed by atoms with Gasteiger partial charge < -0.3 is 10.6 Å². The van der Waals surface area contributed by atoms with Crippen LogP contribution in [0.25, 0.3) is 0 Å². The SMILES string of the molecule is CCCN1CC(=O)[C@@H](NC(=O)[C@H](CC2CCCCC2)NC(=O)c2ccsc2)CCC[C@H]1C. The molecule has 2 fully saturated rings. The van der Waals surface area contributed by atoms with Gasteiger partial charge in [0.05, 0.1) is 18.2 Å². The van der Waals surface area contributed by atoms with Gasteiger partial charge in [0, 0.05) is 11.4 Å². The minimum absolute atomic E-state index is 0.0823. The van der Waals surface area contributed by atoms with E-state index in [1.54, 1.807) is 11.4 Å². The van der Waals surface area contributed by atoms with Crippen molar-refractivity contribution in [3.8, 4) is 0 Å². The summed E-state index contributed by atoms with van der Waals surface area (Å²) in [4.78, 5) is 41.3. The molecule has 0 spiro atoms. The lowest BCUT2D eigenvalue weighted by Gasteiger charge is -2.33. The molecule has 178 valence electrons. The van der Waals surface area contributed by atoms with Gasteiger partial charge in [0.15, 0.2) is 5.78 Å². The van der Waals surface area contributed by atoms with E-state index < -0.39 is 12.1 Å². The van der Waals surface area contributed by atoms with Crippen LogP contribution in [0.5, 0.6) is 0 Å². The Balaban J connectivity index is 1.66. The third-order valence-corrected chi connectivity index (χ3v) is 7.70. The fraction of sp³-hybridized carbons (Fsp3) is 0.720. The second-order valence-corrected chi connectivity index (χ2v) is 10.3. The van der Waals surface area contributed by atoms with E-state index in [4.69, 9.17) is 0 Å². The minimum Gasteiger partial charge on any atom is -0.344 e. The van der Waals surface area contributed by atoms with Crippen LogP contribution in [0.15, 0.2) is 16.8 Å². The Labute approximate surface area is 196 Å². The molecular weight excluding hydrogens is 422 g/mol. The summed E-state index contributed by atoms with van der Waals surface area (Å²) in [6.07, 6.45) is 10.1. The number of thiophene rings is 1. The first-order valence-corrected chi connectivity index (χ1v) is 13.3. The molecule has 0 radical (unpaired) electrons. The van der Waals surface area contributed by atoms with E-state index in [0.29, 0.717) is 36.9 Å². The summed E-state index contributed by atoms with van der Waals surface area (Å²) in [6, 6.07) is 1.09. The number of carbonyl (C=O) groups is 3. The smallest absolute Gasteiger partial charge is 0.252 e. The number of carbonyl (C=O) groups excluding carboxylic acids is 3. The Bertz CT molecular complexity index is 746. The van der Waals surface area contributed by atoms with Crippen LogP contribution in [0.2, 0.25) is 0 Å². The summed E-state index contributed by atoms with van der Waals surface area (Å²) in [5.41, 5.74) is 0.586. The number of nitrogens with zero attached hydrogens (tertiary/aromatic N) is 1. The third kappa shape index (κ3) is 7.14. The van der Waals surface area contributed by atoms with Gasteiger partial charge in [-0.2, -0.15) is 11.3 Å². The molecular formula is C25H39N3O3S. The molecule has 3 atom stereocenters. The highest BCUT2D eigenvalue weighted by Crippen LogP contribution is 2.27. The highest BCUT2D eigenvalue weighted by atomic mass is 32.1. The van der Waals surface area contributed by atoms with E-state index in [0.717, 1.165) is 38.6 Å². The number of rotatable bonds is 8. The molecule has 32 heavy (non-hydrogen) atoms. The second kappa shape index (κ2) is 12.5. The third-order valence-electron chi connectivity index (χ3n) is 7.01. The largest absolute Gasteiger partial charge is 0.344 e. The van der Waals surface area contributed by atoms with E-state index in [-0.39, 0.29) is 17.6 Å². The summed E-state index contributed by atoms with van der Waals surface area (Å²) >= 11 is 1.47. The van der Waals surface area contributed by atoms with Crippen molar-refractivity contribution in [1.82, 2.24) is 15.5 Å². The molecule has 1 aromatic heterocycles. The van der Waals surface area contributed by atoms with Crippen molar-refractivity contribution in [2.24, 2.45) is 5.92 Å². The van der Waals surface area contributed by atoms with Crippen LogP contribution >= 0.6 is 11.3 Å². The summed E-state index contributed by atoms with van der Waals surface area (Å²) < 4.78 is 0. The van der Waals surface area contributed by atoms with Crippen molar-refractivity contribution < 1.29 is 14.4 Å². The summed E-state index contributed by atoms with van der Waals surface area (Å²) in [6.45, 7) is 5.59. The van der Waals surface area contributed by atoms with Crippen LogP contribution < -0.4 is 10.6 Å². The molecule has 2 aliphatic rings. The lowest BCUT2D eigenvalue weighted by molar-refractivity contribution is -0.130. The van der Waals surface area contributed by atoms with Gasteiger partial charge >= 0.3 is 0 Å². The number of Topliss-reactive ketones (excluding diaryl/α,β-unsaturated/α-hetero) is 1. The lowest BCUT2D eigenvalue weighted by atomic mass is 9.84. The average molecular weight is 462 g/mol. The van der Waals surface area contributed by atoms with E-state index in [9.17, 15) is 14.4 Å². The molecule has 1 aliphatic carbocycles. The van der Waals surface area contributed by atoms with Gasteiger partial charge in [-0.1, -0.05) is 39.0 Å². The Kier molecular flexibility index (Phi) is 9.72. The van der Waals surface area contributed by atoms with Gasteiger partial charge in [-0.05, 0) is 62.9 Å². The molecule has 2 amide bonds. The van der Waals surface area contributed by atoms with Crippen molar-refractivity contribution in [3.05, 3.63) is 22.4 Å². The predicted molar refractivity (Wildman–Crippen MR) is 129 cm³/mol. The zero-order chi connectivity index (χ0) is 22.9. The second-order valence-electron chi connectivity index (χ2n) is 9.56. The monoisotopic (exact) mass is 461 g/mol. The van der Waals surface area contributed by atoms with Crippen LogP contribution in [0.4, 0.5) is 0 Å². The molecule has 0 bridgehead atoms. The first-order valence-electron chi connectivity index (χ1n) is 12.4. The van der Waals surface area contributed by atoms with Crippen molar-refractivity contribution in [1.29, 1.82) is 0 Å². The molecule has 0 unspecified atom stereocenters. The summed E-state index contributed by atoms with van der Waals surface area (Å²) in [5.74, 6) is 0.0949. The summed E-state index contributed by atoms with van der Waals surface area (Å²) in [5, 5.41) is 9.66. The molecule has 1 saturated heterocycles. The maximum Gasteiger partial charge on any atom is 0.252 e. The number of hydrogen-bond acceptors (Lipinski definition) is 5. The number of nitrogens with one attached hydrogen (secondary N) is 2. The van der Waals surface area contributed by atoms with Crippen molar-refractivity contribution in [2.75, 3.05) is 13.1 Å². The van der Waals surface area contributed by atoms with E-state index >= 15 is 0 Å².